The second-order valence-corrected chi connectivity index (χ2v) is 8.49. The van der Waals surface area contributed by atoms with E-state index in [0.29, 0.717) is 56.7 Å². The number of aromatic nitrogens is 2. The zero-order valence-electron chi connectivity index (χ0n) is 16.7. The Bertz CT molecular complexity index is 994. The molecule has 30 heavy (non-hydrogen) atoms. The third-order valence-corrected chi connectivity index (χ3v) is 6.62. The van der Waals surface area contributed by atoms with Gasteiger partial charge < -0.3 is 4.90 Å². The number of rotatable bonds is 2. The lowest BCUT2D eigenvalue weighted by atomic mass is 9.77. The van der Waals surface area contributed by atoms with Crippen LogP contribution in [0.15, 0.2) is 30.5 Å². The Morgan fingerprint density at radius 3 is 2.47 bits per heavy atom. The normalized spacial score (nSPS) is 23.4. The minimum absolute atomic E-state index is 0.000366. The Morgan fingerprint density at radius 1 is 1.13 bits per heavy atom. The van der Waals surface area contributed by atoms with Crippen LogP contribution in [0.3, 0.4) is 0 Å². The van der Waals surface area contributed by atoms with Crippen molar-refractivity contribution in [2.45, 2.75) is 25.3 Å². The highest BCUT2D eigenvalue weighted by Gasteiger charge is 2.56. The largest absolute Gasteiger partial charge is 0.337 e. The van der Waals surface area contributed by atoms with Gasteiger partial charge in [0.25, 0.3) is 5.91 Å². The van der Waals surface area contributed by atoms with Crippen LogP contribution in [0.5, 0.6) is 0 Å². The minimum atomic E-state index is -0.633. The first-order valence-electron chi connectivity index (χ1n) is 10.2. The van der Waals surface area contributed by atoms with Gasteiger partial charge in [0, 0.05) is 45.5 Å². The summed E-state index contributed by atoms with van der Waals surface area (Å²) in [4.78, 5) is 27.9. The molecule has 9 heteroatoms. The monoisotopic (exact) mass is 415 g/mol. The number of piperidine rings is 1. The number of fused-ring (bicyclic) bond motifs is 1. The Labute approximate surface area is 172 Å². The quantitative estimate of drug-likeness (QED) is 0.754. The van der Waals surface area contributed by atoms with Gasteiger partial charge in [0.2, 0.25) is 5.91 Å². The Hall–Kier alpha value is -2.81. The summed E-state index contributed by atoms with van der Waals surface area (Å²) in [5.41, 5.74) is 0.345. The van der Waals surface area contributed by atoms with Crippen molar-refractivity contribution in [3.05, 3.63) is 53.4 Å². The van der Waals surface area contributed by atoms with E-state index in [0.717, 1.165) is 6.07 Å². The van der Waals surface area contributed by atoms with Crippen LogP contribution in [-0.2, 0) is 11.8 Å². The Balaban J connectivity index is 1.32. The van der Waals surface area contributed by atoms with Crippen LogP contribution in [0.4, 0.5) is 8.78 Å². The molecule has 0 saturated carbocycles. The smallest absolute Gasteiger partial charge is 0.274 e. The lowest BCUT2D eigenvalue weighted by Crippen LogP contribution is -2.48. The van der Waals surface area contributed by atoms with Crippen LogP contribution in [0.25, 0.3) is 0 Å². The molecular weight excluding hydrogens is 392 g/mol. The molecule has 7 nitrogen and oxygen atoms in total. The van der Waals surface area contributed by atoms with Crippen LogP contribution in [0.2, 0.25) is 0 Å². The van der Waals surface area contributed by atoms with Gasteiger partial charge in [-0.1, -0.05) is 0 Å². The number of benzene rings is 1. The summed E-state index contributed by atoms with van der Waals surface area (Å²) in [7, 11) is 1.77. The van der Waals surface area contributed by atoms with Crippen LogP contribution in [-0.4, -0.2) is 62.7 Å². The number of likely N-dealkylation sites (tertiary alicyclic amines) is 1. The minimum Gasteiger partial charge on any atom is -0.337 e. The van der Waals surface area contributed by atoms with Crippen molar-refractivity contribution in [1.82, 2.24) is 24.7 Å². The fourth-order valence-corrected chi connectivity index (χ4v) is 5.06. The zero-order chi connectivity index (χ0) is 21.0. The van der Waals surface area contributed by atoms with Crippen LogP contribution in [0.1, 0.15) is 41.4 Å². The van der Waals surface area contributed by atoms with E-state index >= 15 is 0 Å². The molecule has 3 aliphatic rings. The molecule has 0 aliphatic carbocycles. The van der Waals surface area contributed by atoms with E-state index in [1.54, 1.807) is 33.9 Å². The third-order valence-electron chi connectivity index (χ3n) is 6.62. The van der Waals surface area contributed by atoms with E-state index in [-0.39, 0.29) is 17.9 Å². The highest BCUT2D eigenvalue weighted by Crippen LogP contribution is 2.47. The number of amides is 2. The maximum absolute atomic E-state index is 13.7. The predicted octanol–water partition coefficient (Wildman–Crippen LogP) is 2.12. The third kappa shape index (κ3) is 2.99. The molecule has 1 aromatic heterocycles. The predicted molar refractivity (Wildman–Crippen MR) is 103 cm³/mol. The van der Waals surface area contributed by atoms with Crippen molar-refractivity contribution in [2.24, 2.45) is 12.5 Å². The summed E-state index contributed by atoms with van der Waals surface area (Å²) >= 11 is 0. The van der Waals surface area contributed by atoms with Crippen molar-refractivity contribution >= 4 is 11.8 Å². The van der Waals surface area contributed by atoms with E-state index in [2.05, 4.69) is 5.10 Å². The Kier molecular flexibility index (Phi) is 4.39. The van der Waals surface area contributed by atoms with E-state index in [9.17, 15) is 18.4 Å². The molecule has 4 heterocycles. The molecule has 158 valence electrons. The van der Waals surface area contributed by atoms with E-state index < -0.39 is 17.0 Å². The summed E-state index contributed by atoms with van der Waals surface area (Å²) in [6, 6.07) is 4.80. The summed E-state index contributed by atoms with van der Waals surface area (Å²) in [5, 5.41) is 7.88. The number of hydrogen-bond acceptors (Lipinski definition) is 4. The molecular formula is C21H23F2N5O2. The molecule has 0 bridgehead atoms. The molecule has 1 atom stereocenters. The maximum atomic E-state index is 13.7. The second-order valence-electron chi connectivity index (χ2n) is 8.49. The number of nitrogens with zero attached hydrogens (tertiary/aromatic N) is 5. The fraction of sp³-hybridized carbons (Fsp3) is 0.476. The summed E-state index contributed by atoms with van der Waals surface area (Å²) < 4.78 is 29.1. The molecule has 1 spiro atoms. The average molecular weight is 415 g/mol. The van der Waals surface area contributed by atoms with E-state index in [1.165, 1.54) is 12.1 Å². The zero-order valence-corrected chi connectivity index (χ0v) is 16.7. The lowest BCUT2D eigenvalue weighted by Gasteiger charge is -2.37. The number of carbonyl (C=O) groups is 2. The van der Waals surface area contributed by atoms with Gasteiger partial charge in [0.1, 0.15) is 17.3 Å². The van der Waals surface area contributed by atoms with Gasteiger partial charge in [0.15, 0.2) is 0 Å². The highest BCUT2D eigenvalue weighted by molar-refractivity contribution is 5.92. The first-order valence-corrected chi connectivity index (χ1v) is 10.2. The number of hydrogen-bond donors (Lipinski definition) is 0. The SMILES string of the molecule is Cn1ccc(C(=O)N2CCC3(CC2)CN2CC[C@@H](c4cc(F)cc(F)c4)N2C3=O)n1. The van der Waals surface area contributed by atoms with Crippen LogP contribution >= 0.6 is 0 Å². The highest BCUT2D eigenvalue weighted by atomic mass is 19.1. The summed E-state index contributed by atoms with van der Waals surface area (Å²) in [5.74, 6) is -1.39. The Morgan fingerprint density at radius 2 is 1.83 bits per heavy atom. The topological polar surface area (TPSA) is 61.7 Å². The van der Waals surface area contributed by atoms with Gasteiger partial charge >= 0.3 is 0 Å². The molecule has 3 fully saturated rings. The van der Waals surface area contributed by atoms with E-state index in [4.69, 9.17) is 0 Å². The van der Waals surface area contributed by atoms with Crippen molar-refractivity contribution < 1.29 is 18.4 Å². The van der Waals surface area contributed by atoms with Gasteiger partial charge in [-0.25, -0.2) is 13.8 Å². The molecule has 3 aliphatic heterocycles. The summed E-state index contributed by atoms with van der Waals surface area (Å²) in [6.07, 6.45) is 3.52. The first kappa shape index (κ1) is 19.2. The molecule has 5 rings (SSSR count). The molecule has 3 saturated heterocycles. The summed E-state index contributed by atoms with van der Waals surface area (Å²) in [6.45, 7) is 2.24. The molecule has 1 aromatic carbocycles. The molecule has 2 aromatic rings. The molecule has 0 radical (unpaired) electrons. The van der Waals surface area contributed by atoms with Gasteiger partial charge in [-0.15, -0.1) is 0 Å². The van der Waals surface area contributed by atoms with Crippen molar-refractivity contribution in [1.29, 1.82) is 0 Å². The van der Waals surface area contributed by atoms with Gasteiger partial charge in [-0.05, 0) is 43.0 Å². The van der Waals surface area contributed by atoms with Crippen molar-refractivity contribution in [3.8, 4) is 0 Å². The molecule has 0 unspecified atom stereocenters. The van der Waals surface area contributed by atoms with Crippen molar-refractivity contribution in [2.75, 3.05) is 26.2 Å². The van der Waals surface area contributed by atoms with Gasteiger partial charge in [-0.3, -0.25) is 19.3 Å². The fourth-order valence-electron chi connectivity index (χ4n) is 5.06. The van der Waals surface area contributed by atoms with Crippen LogP contribution < -0.4 is 0 Å². The molecule has 0 N–H and O–H groups in total. The maximum Gasteiger partial charge on any atom is 0.274 e. The first-order chi connectivity index (χ1) is 14.4. The number of hydrazine groups is 1. The van der Waals surface area contributed by atoms with E-state index in [1.807, 2.05) is 5.01 Å². The average Bonchev–Trinajstić information content (AvgIpc) is 3.38. The molecule has 2 amide bonds. The van der Waals surface area contributed by atoms with Crippen LogP contribution in [0, 0.1) is 17.0 Å². The number of aryl methyl sites for hydroxylation is 1. The van der Waals surface area contributed by atoms with Gasteiger partial charge in [-0.2, -0.15) is 5.10 Å². The lowest BCUT2D eigenvalue weighted by molar-refractivity contribution is -0.144. The standard InChI is InChI=1S/C21H23F2N5O2/c1-25-6-2-17(24-25)19(29)26-8-4-21(5-9-26)13-27-7-3-18(28(27)20(21)30)14-10-15(22)12-16(23)11-14/h2,6,10-12,18H,3-5,7-9,13H2,1H3/t18-/m0/s1. The number of halogens is 2. The van der Waals surface area contributed by atoms with Gasteiger partial charge in [0.05, 0.1) is 11.5 Å². The number of carbonyl (C=O) groups excluding carboxylic acids is 2. The second kappa shape index (κ2) is 6.87. The van der Waals surface area contributed by atoms with Crippen molar-refractivity contribution in [3.63, 3.8) is 0 Å².